The summed E-state index contributed by atoms with van der Waals surface area (Å²) in [6, 6.07) is 6.23. The van der Waals surface area contributed by atoms with Gasteiger partial charge in [0.25, 0.3) is 5.69 Å². The van der Waals surface area contributed by atoms with Gasteiger partial charge in [0.15, 0.2) is 5.78 Å². The first kappa shape index (κ1) is 17.3. The monoisotopic (exact) mass is 292 g/mol. The molecule has 0 saturated heterocycles. The molecule has 0 bridgehead atoms. The first-order valence-corrected chi connectivity index (χ1v) is 7.47. The van der Waals surface area contributed by atoms with Gasteiger partial charge >= 0.3 is 0 Å². The van der Waals surface area contributed by atoms with Gasteiger partial charge in [0, 0.05) is 23.7 Å². The Balaban J connectivity index is 2.72. The van der Waals surface area contributed by atoms with Crippen LogP contribution in [-0.2, 0) is 0 Å². The number of Topliss-reactive ketones (excluding diaryl/α,β-unsaturated/α-hetero) is 1. The summed E-state index contributed by atoms with van der Waals surface area (Å²) in [7, 11) is 0. The van der Waals surface area contributed by atoms with E-state index in [0.717, 1.165) is 25.8 Å². The van der Waals surface area contributed by atoms with E-state index in [2.05, 4.69) is 25.7 Å². The van der Waals surface area contributed by atoms with Gasteiger partial charge in [-0.2, -0.15) is 0 Å². The van der Waals surface area contributed by atoms with Crippen molar-refractivity contribution in [2.45, 2.75) is 46.1 Å². The van der Waals surface area contributed by atoms with Crippen molar-refractivity contribution >= 4 is 11.5 Å². The number of hydrogen-bond donors (Lipinski definition) is 0. The quantitative estimate of drug-likeness (QED) is 0.301. The van der Waals surface area contributed by atoms with Crippen molar-refractivity contribution in [3.05, 3.63) is 39.9 Å². The number of carbonyl (C=O) groups is 1. The van der Waals surface area contributed by atoms with Crippen molar-refractivity contribution < 1.29 is 9.72 Å². The van der Waals surface area contributed by atoms with Crippen LogP contribution >= 0.6 is 0 Å². The van der Waals surface area contributed by atoms with Crippen molar-refractivity contribution in [3.63, 3.8) is 0 Å². The van der Waals surface area contributed by atoms with E-state index in [1.165, 1.54) is 12.1 Å². The number of rotatable bonds is 9. The van der Waals surface area contributed by atoms with Crippen molar-refractivity contribution in [2.24, 2.45) is 0 Å². The van der Waals surface area contributed by atoms with Gasteiger partial charge in [-0.05, 0) is 26.8 Å². The molecule has 116 valence electrons. The van der Waals surface area contributed by atoms with Gasteiger partial charge in [-0.25, -0.2) is 0 Å². The van der Waals surface area contributed by atoms with Crippen molar-refractivity contribution in [3.8, 4) is 0 Å². The van der Waals surface area contributed by atoms with Crippen LogP contribution < -0.4 is 0 Å². The highest BCUT2D eigenvalue weighted by atomic mass is 16.6. The van der Waals surface area contributed by atoms with Crippen LogP contribution in [0.3, 0.4) is 0 Å². The molecule has 0 aliphatic heterocycles. The van der Waals surface area contributed by atoms with Crippen LogP contribution in [-0.4, -0.2) is 34.7 Å². The fourth-order valence-corrected chi connectivity index (χ4v) is 2.15. The molecule has 0 N–H and O–H groups in total. The van der Waals surface area contributed by atoms with Crippen LogP contribution in [0.1, 0.15) is 50.4 Å². The number of nitro groups is 1. The molecule has 0 spiro atoms. The number of nitrogens with zero attached hydrogens (tertiary/aromatic N) is 2. The fourth-order valence-electron chi connectivity index (χ4n) is 2.15. The average molecular weight is 292 g/mol. The number of nitro benzene ring substituents is 1. The number of carbonyl (C=O) groups excluding carboxylic acids is 1. The third-order valence-electron chi connectivity index (χ3n) is 3.50. The SMILES string of the molecule is CCCCCN(CC(=O)c1cccc([N+](=O)[O-])c1)C(C)C. The number of hydrogen-bond acceptors (Lipinski definition) is 4. The zero-order valence-corrected chi connectivity index (χ0v) is 13.0. The predicted molar refractivity (Wildman–Crippen MR) is 83.7 cm³/mol. The zero-order chi connectivity index (χ0) is 15.8. The lowest BCUT2D eigenvalue weighted by Gasteiger charge is -2.25. The summed E-state index contributed by atoms with van der Waals surface area (Å²) in [6.07, 6.45) is 3.36. The summed E-state index contributed by atoms with van der Waals surface area (Å²) in [4.78, 5) is 24.7. The molecule has 0 radical (unpaired) electrons. The van der Waals surface area contributed by atoms with E-state index in [4.69, 9.17) is 0 Å². The Labute approximate surface area is 126 Å². The number of unbranched alkanes of at least 4 members (excludes halogenated alkanes) is 2. The van der Waals surface area contributed by atoms with Crippen LogP contribution in [0.4, 0.5) is 5.69 Å². The highest BCUT2D eigenvalue weighted by Gasteiger charge is 2.17. The van der Waals surface area contributed by atoms with Gasteiger partial charge in [0.1, 0.15) is 0 Å². The lowest BCUT2D eigenvalue weighted by Crippen LogP contribution is -2.36. The Hall–Kier alpha value is -1.75. The molecule has 0 amide bonds. The Morgan fingerprint density at radius 1 is 1.33 bits per heavy atom. The topological polar surface area (TPSA) is 63.5 Å². The highest BCUT2D eigenvalue weighted by molar-refractivity contribution is 5.98. The maximum absolute atomic E-state index is 12.3. The van der Waals surface area contributed by atoms with E-state index < -0.39 is 4.92 Å². The first-order valence-electron chi connectivity index (χ1n) is 7.47. The molecule has 1 aromatic carbocycles. The van der Waals surface area contributed by atoms with E-state index >= 15 is 0 Å². The predicted octanol–water partition coefficient (Wildman–Crippen LogP) is 3.68. The van der Waals surface area contributed by atoms with Crippen molar-refractivity contribution in [1.82, 2.24) is 4.90 Å². The maximum Gasteiger partial charge on any atom is 0.270 e. The van der Waals surface area contributed by atoms with Crippen LogP contribution in [0.15, 0.2) is 24.3 Å². The van der Waals surface area contributed by atoms with Gasteiger partial charge in [-0.1, -0.05) is 31.9 Å². The molecule has 0 atom stereocenters. The average Bonchev–Trinajstić information content (AvgIpc) is 2.46. The van der Waals surface area contributed by atoms with Gasteiger partial charge in [0.05, 0.1) is 11.5 Å². The molecule has 21 heavy (non-hydrogen) atoms. The van der Waals surface area contributed by atoms with Crippen LogP contribution in [0.2, 0.25) is 0 Å². The minimum Gasteiger partial charge on any atom is -0.293 e. The van der Waals surface area contributed by atoms with Crippen molar-refractivity contribution in [2.75, 3.05) is 13.1 Å². The molecule has 0 fully saturated rings. The maximum atomic E-state index is 12.3. The number of ketones is 1. The Morgan fingerprint density at radius 2 is 2.05 bits per heavy atom. The largest absolute Gasteiger partial charge is 0.293 e. The Morgan fingerprint density at radius 3 is 2.62 bits per heavy atom. The third kappa shape index (κ3) is 5.63. The standard InChI is InChI=1S/C16H24N2O3/c1-4-5-6-10-17(13(2)3)12-16(19)14-8-7-9-15(11-14)18(20)21/h7-9,11,13H,4-6,10,12H2,1-3H3. The van der Waals surface area contributed by atoms with Gasteiger partial charge < -0.3 is 0 Å². The van der Waals surface area contributed by atoms with E-state index in [1.54, 1.807) is 12.1 Å². The Bertz CT molecular complexity index is 486. The second-order valence-corrected chi connectivity index (χ2v) is 5.50. The third-order valence-corrected chi connectivity index (χ3v) is 3.50. The van der Waals surface area contributed by atoms with Gasteiger partial charge in [0.2, 0.25) is 0 Å². The molecule has 1 aromatic rings. The smallest absolute Gasteiger partial charge is 0.270 e. The van der Waals surface area contributed by atoms with Crippen LogP contribution in [0.25, 0.3) is 0 Å². The van der Waals surface area contributed by atoms with E-state index in [-0.39, 0.29) is 17.5 Å². The zero-order valence-electron chi connectivity index (χ0n) is 13.0. The molecule has 1 rings (SSSR count). The van der Waals surface area contributed by atoms with E-state index in [9.17, 15) is 14.9 Å². The molecule has 0 unspecified atom stereocenters. The summed E-state index contributed by atoms with van der Waals surface area (Å²) in [5, 5.41) is 10.8. The van der Waals surface area contributed by atoms with Crippen molar-refractivity contribution in [1.29, 1.82) is 0 Å². The van der Waals surface area contributed by atoms with Crippen LogP contribution in [0, 0.1) is 10.1 Å². The second kappa shape index (κ2) is 8.52. The minimum atomic E-state index is -0.474. The molecule has 5 nitrogen and oxygen atoms in total. The molecular formula is C16H24N2O3. The number of non-ortho nitro benzene ring substituents is 1. The summed E-state index contributed by atoms with van der Waals surface area (Å²) in [5.41, 5.74) is 0.369. The second-order valence-electron chi connectivity index (χ2n) is 5.50. The number of benzene rings is 1. The van der Waals surface area contributed by atoms with Crippen LogP contribution in [0.5, 0.6) is 0 Å². The lowest BCUT2D eigenvalue weighted by molar-refractivity contribution is -0.384. The molecular weight excluding hydrogens is 268 g/mol. The Kier molecular flexibility index (Phi) is 7.02. The normalized spacial score (nSPS) is 11.1. The summed E-state index contributed by atoms with van der Waals surface area (Å²) >= 11 is 0. The van der Waals surface area contributed by atoms with E-state index in [0.29, 0.717) is 12.1 Å². The van der Waals surface area contributed by atoms with Gasteiger partial charge in [-0.3, -0.25) is 19.8 Å². The van der Waals surface area contributed by atoms with E-state index in [1.807, 2.05) is 0 Å². The fraction of sp³-hybridized carbons (Fsp3) is 0.562. The highest BCUT2D eigenvalue weighted by Crippen LogP contribution is 2.14. The summed E-state index contributed by atoms with van der Waals surface area (Å²) in [6.45, 7) is 7.46. The molecule has 0 saturated carbocycles. The van der Waals surface area contributed by atoms with Gasteiger partial charge in [-0.15, -0.1) is 0 Å². The summed E-state index contributed by atoms with van der Waals surface area (Å²) in [5.74, 6) is -0.0658. The molecule has 0 heterocycles. The first-order chi connectivity index (χ1) is 9.95. The molecule has 0 aliphatic rings. The molecule has 5 heteroatoms. The minimum absolute atomic E-state index is 0.0390. The summed E-state index contributed by atoms with van der Waals surface area (Å²) < 4.78 is 0. The lowest BCUT2D eigenvalue weighted by atomic mass is 10.1. The molecule has 0 aromatic heterocycles. The molecule has 0 aliphatic carbocycles.